The summed E-state index contributed by atoms with van der Waals surface area (Å²) in [6.07, 6.45) is 1.30. The first-order chi connectivity index (χ1) is 5.13. The number of halogens is 1. The van der Waals surface area contributed by atoms with Gasteiger partial charge >= 0.3 is 5.97 Å². The number of hydrogen-bond donors (Lipinski definition) is 1. The Kier molecular flexibility index (Phi) is 2.23. The van der Waals surface area contributed by atoms with E-state index in [0.717, 1.165) is 0 Å². The summed E-state index contributed by atoms with van der Waals surface area (Å²) in [6, 6.07) is -0.688. The molecule has 6 heteroatoms. The summed E-state index contributed by atoms with van der Waals surface area (Å²) in [7, 11) is 0. The van der Waals surface area contributed by atoms with Crippen molar-refractivity contribution in [3.8, 4) is 0 Å². The van der Waals surface area contributed by atoms with Crippen molar-refractivity contribution in [1.29, 1.82) is 0 Å². The summed E-state index contributed by atoms with van der Waals surface area (Å²) in [5, 5.41) is 12.3. The summed E-state index contributed by atoms with van der Waals surface area (Å²) in [4.78, 5) is 14.2. The quantitative estimate of drug-likeness (QED) is 0.795. The lowest BCUT2D eigenvalue weighted by molar-refractivity contribution is -0.140. The molecule has 5 nitrogen and oxygen atoms in total. The first kappa shape index (κ1) is 8.19. The molecule has 0 fully saturated rings. The molecule has 0 bridgehead atoms. The summed E-state index contributed by atoms with van der Waals surface area (Å²) in [6.45, 7) is 1.53. The van der Waals surface area contributed by atoms with E-state index in [9.17, 15) is 4.79 Å². The second kappa shape index (κ2) is 3.00. The van der Waals surface area contributed by atoms with Crippen LogP contribution in [0.2, 0.25) is 0 Å². The lowest BCUT2D eigenvalue weighted by Gasteiger charge is -2.05. The van der Waals surface area contributed by atoms with Crippen LogP contribution in [0.15, 0.2) is 11.1 Å². The molecule has 0 aromatic carbocycles. The van der Waals surface area contributed by atoms with Crippen molar-refractivity contribution < 1.29 is 9.90 Å². The zero-order chi connectivity index (χ0) is 8.43. The van der Waals surface area contributed by atoms with Crippen LogP contribution in [0.1, 0.15) is 13.0 Å². The van der Waals surface area contributed by atoms with Crippen LogP contribution in [0.3, 0.4) is 0 Å². The van der Waals surface area contributed by atoms with Crippen LogP contribution in [-0.4, -0.2) is 25.8 Å². The normalized spacial score (nSPS) is 12.9. The topological polar surface area (TPSA) is 68.0 Å². The molecule has 0 aliphatic heterocycles. The Bertz CT molecular complexity index is 272. The molecule has 0 spiro atoms. The van der Waals surface area contributed by atoms with Crippen molar-refractivity contribution >= 4 is 21.9 Å². The molecule has 0 aliphatic carbocycles. The maximum Gasteiger partial charge on any atom is 0.328 e. The Morgan fingerprint density at radius 3 is 2.91 bits per heavy atom. The van der Waals surface area contributed by atoms with Crippen molar-refractivity contribution in [3.63, 3.8) is 0 Å². The number of hydrogen-bond acceptors (Lipinski definition) is 3. The highest BCUT2D eigenvalue weighted by atomic mass is 79.9. The molecule has 60 valence electrons. The number of nitrogens with zero attached hydrogens (tertiary/aromatic N) is 3. The highest BCUT2D eigenvalue weighted by Gasteiger charge is 2.16. The Morgan fingerprint density at radius 1 is 1.91 bits per heavy atom. The molecule has 11 heavy (non-hydrogen) atoms. The molecule has 1 N–H and O–H groups in total. The Balaban J connectivity index is 2.92. The second-order valence-corrected chi connectivity index (χ2v) is 2.70. The summed E-state index contributed by atoms with van der Waals surface area (Å²) in [5.74, 6) is -0.934. The fourth-order valence-corrected chi connectivity index (χ4v) is 1.09. The van der Waals surface area contributed by atoms with E-state index in [1.807, 2.05) is 0 Å². The van der Waals surface area contributed by atoms with Gasteiger partial charge in [-0.3, -0.25) is 0 Å². The van der Waals surface area contributed by atoms with E-state index in [0.29, 0.717) is 4.73 Å². The highest BCUT2D eigenvalue weighted by Crippen LogP contribution is 2.11. The van der Waals surface area contributed by atoms with Gasteiger partial charge in [0.25, 0.3) is 0 Å². The van der Waals surface area contributed by atoms with Gasteiger partial charge in [0.05, 0.1) is 0 Å². The van der Waals surface area contributed by atoms with Gasteiger partial charge in [0.1, 0.15) is 12.4 Å². The molecule has 1 aromatic heterocycles. The average molecular weight is 220 g/mol. The van der Waals surface area contributed by atoms with Gasteiger partial charge in [-0.25, -0.2) is 14.5 Å². The minimum absolute atomic E-state index is 0.424. The van der Waals surface area contributed by atoms with Gasteiger partial charge in [-0.05, 0) is 22.9 Å². The van der Waals surface area contributed by atoms with Crippen molar-refractivity contribution in [3.05, 3.63) is 11.1 Å². The van der Waals surface area contributed by atoms with Crippen LogP contribution < -0.4 is 0 Å². The molecule has 0 amide bonds. The SMILES string of the molecule is CC(C(=O)O)n1ncnc1Br. The number of aliphatic carboxylic acids is 1. The van der Waals surface area contributed by atoms with Gasteiger partial charge in [0.15, 0.2) is 4.73 Å². The smallest absolute Gasteiger partial charge is 0.328 e. The molecular weight excluding hydrogens is 214 g/mol. The average Bonchev–Trinajstić information content (AvgIpc) is 2.33. The number of carbonyl (C=O) groups is 1. The fourth-order valence-electron chi connectivity index (χ4n) is 0.600. The van der Waals surface area contributed by atoms with Crippen LogP contribution in [0.4, 0.5) is 0 Å². The Labute approximate surface area is 71.2 Å². The van der Waals surface area contributed by atoms with E-state index in [4.69, 9.17) is 5.11 Å². The zero-order valence-electron chi connectivity index (χ0n) is 5.73. The highest BCUT2D eigenvalue weighted by molar-refractivity contribution is 9.10. The van der Waals surface area contributed by atoms with Gasteiger partial charge in [-0.1, -0.05) is 0 Å². The third-order valence-electron chi connectivity index (χ3n) is 1.25. The van der Waals surface area contributed by atoms with Crippen LogP contribution in [0.5, 0.6) is 0 Å². The van der Waals surface area contributed by atoms with Gasteiger partial charge in [0.2, 0.25) is 0 Å². The van der Waals surface area contributed by atoms with Crippen LogP contribution in [0.25, 0.3) is 0 Å². The van der Waals surface area contributed by atoms with Crippen LogP contribution in [0, 0.1) is 0 Å². The molecule has 0 saturated heterocycles. The van der Waals surface area contributed by atoms with E-state index >= 15 is 0 Å². The molecule has 1 heterocycles. The summed E-state index contributed by atoms with van der Waals surface area (Å²) < 4.78 is 1.70. The third kappa shape index (κ3) is 1.56. The predicted molar refractivity (Wildman–Crippen MR) is 40.1 cm³/mol. The second-order valence-electron chi connectivity index (χ2n) is 1.99. The van der Waals surface area contributed by atoms with Gasteiger partial charge in [0, 0.05) is 0 Å². The lowest BCUT2D eigenvalue weighted by atomic mass is 10.4. The molecular formula is C5H6BrN3O2. The van der Waals surface area contributed by atoms with Crippen LogP contribution >= 0.6 is 15.9 Å². The molecule has 0 aliphatic rings. The largest absolute Gasteiger partial charge is 0.480 e. The maximum absolute atomic E-state index is 10.4. The summed E-state index contributed by atoms with van der Waals surface area (Å²) >= 11 is 3.06. The lowest BCUT2D eigenvalue weighted by Crippen LogP contribution is -2.16. The van der Waals surface area contributed by atoms with Gasteiger partial charge < -0.3 is 5.11 Å². The fraction of sp³-hybridized carbons (Fsp3) is 0.400. The molecule has 1 unspecified atom stereocenters. The number of carboxylic acids is 1. The molecule has 0 saturated carbocycles. The monoisotopic (exact) mass is 219 g/mol. The van der Waals surface area contributed by atoms with E-state index in [2.05, 4.69) is 26.0 Å². The molecule has 0 radical (unpaired) electrons. The van der Waals surface area contributed by atoms with Crippen molar-refractivity contribution in [2.75, 3.05) is 0 Å². The van der Waals surface area contributed by atoms with Gasteiger partial charge in [-0.15, -0.1) is 0 Å². The standard InChI is InChI=1S/C5H6BrN3O2/c1-3(4(10)11)9-5(6)7-2-8-9/h2-3H,1H3,(H,10,11). The maximum atomic E-state index is 10.4. The minimum atomic E-state index is -0.934. The minimum Gasteiger partial charge on any atom is -0.480 e. The first-order valence-corrected chi connectivity index (χ1v) is 3.70. The Morgan fingerprint density at radius 2 is 2.55 bits per heavy atom. The number of rotatable bonds is 2. The third-order valence-corrected chi connectivity index (χ3v) is 1.82. The molecule has 1 aromatic rings. The molecule has 1 rings (SSSR count). The number of carboxylic acid groups (broad SMARTS) is 1. The van der Waals surface area contributed by atoms with Crippen molar-refractivity contribution in [2.24, 2.45) is 0 Å². The summed E-state index contributed by atoms with van der Waals surface area (Å²) in [5.41, 5.74) is 0. The van der Waals surface area contributed by atoms with Crippen LogP contribution in [-0.2, 0) is 4.79 Å². The van der Waals surface area contributed by atoms with Gasteiger partial charge in [-0.2, -0.15) is 5.10 Å². The van der Waals surface area contributed by atoms with E-state index in [1.54, 1.807) is 0 Å². The molecule has 1 atom stereocenters. The van der Waals surface area contributed by atoms with E-state index in [1.165, 1.54) is 17.9 Å². The van der Waals surface area contributed by atoms with Crippen molar-refractivity contribution in [1.82, 2.24) is 14.8 Å². The Hall–Kier alpha value is -0.910. The van der Waals surface area contributed by atoms with Crippen molar-refractivity contribution in [2.45, 2.75) is 13.0 Å². The predicted octanol–water partition coefficient (Wildman–Crippen LogP) is 0.686. The van der Waals surface area contributed by atoms with E-state index in [-0.39, 0.29) is 0 Å². The zero-order valence-corrected chi connectivity index (χ0v) is 7.32. The first-order valence-electron chi connectivity index (χ1n) is 2.90. The van der Waals surface area contributed by atoms with E-state index < -0.39 is 12.0 Å². The number of aromatic nitrogens is 3.